The van der Waals surface area contributed by atoms with Gasteiger partial charge in [0.05, 0.1) is 5.60 Å². The van der Waals surface area contributed by atoms with Gasteiger partial charge in [0.2, 0.25) is 0 Å². The molecule has 12 heavy (non-hydrogen) atoms. The summed E-state index contributed by atoms with van der Waals surface area (Å²) in [6.07, 6.45) is 1.53. The molecule has 0 radical (unpaired) electrons. The summed E-state index contributed by atoms with van der Waals surface area (Å²) in [5.41, 5.74) is -0.119. The highest BCUT2D eigenvalue weighted by atomic mass is 16.5. The van der Waals surface area contributed by atoms with E-state index in [0.717, 1.165) is 5.82 Å². The van der Waals surface area contributed by atoms with Crippen LogP contribution in [0.3, 0.4) is 0 Å². The Morgan fingerprint density at radius 1 is 1.50 bits per heavy atom. The van der Waals surface area contributed by atoms with E-state index >= 15 is 0 Å². The Kier molecular flexibility index (Phi) is 2.47. The van der Waals surface area contributed by atoms with Crippen LogP contribution < -0.4 is 0 Å². The summed E-state index contributed by atoms with van der Waals surface area (Å²) >= 11 is 0. The number of aromatic nitrogens is 3. The lowest BCUT2D eigenvalue weighted by Gasteiger charge is -2.18. The molecule has 0 bridgehead atoms. The highest BCUT2D eigenvalue weighted by Gasteiger charge is 2.11. The molecule has 0 atom stereocenters. The molecule has 4 nitrogen and oxygen atoms in total. The Hall–Kier alpha value is -0.900. The molecule has 1 heterocycles. The molecule has 0 aliphatic rings. The van der Waals surface area contributed by atoms with E-state index in [0.29, 0.717) is 6.61 Å². The minimum atomic E-state index is -0.119. The van der Waals surface area contributed by atoms with Gasteiger partial charge in [0, 0.05) is 7.05 Å². The molecule has 1 rings (SSSR count). The van der Waals surface area contributed by atoms with Gasteiger partial charge in [-0.1, -0.05) is 0 Å². The maximum absolute atomic E-state index is 5.53. The van der Waals surface area contributed by atoms with Crippen LogP contribution in [0.2, 0.25) is 0 Å². The van der Waals surface area contributed by atoms with E-state index in [9.17, 15) is 0 Å². The minimum Gasteiger partial charge on any atom is -0.368 e. The average molecular weight is 169 g/mol. The summed E-state index contributed by atoms with van der Waals surface area (Å²) in [6.45, 7) is 6.57. The maximum Gasteiger partial charge on any atom is 0.152 e. The molecule has 0 amide bonds. The fraction of sp³-hybridized carbons (Fsp3) is 0.750. The largest absolute Gasteiger partial charge is 0.368 e. The zero-order valence-electron chi connectivity index (χ0n) is 8.03. The first kappa shape index (κ1) is 9.19. The van der Waals surface area contributed by atoms with Crippen molar-refractivity contribution in [1.29, 1.82) is 0 Å². The highest BCUT2D eigenvalue weighted by Crippen LogP contribution is 2.09. The van der Waals surface area contributed by atoms with E-state index in [-0.39, 0.29) is 5.60 Å². The first-order valence-electron chi connectivity index (χ1n) is 3.96. The van der Waals surface area contributed by atoms with Gasteiger partial charge < -0.3 is 4.74 Å². The molecule has 0 N–H and O–H groups in total. The van der Waals surface area contributed by atoms with E-state index in [1.807, 2.05) is 27.8 Å². The molecule has 4 heteroatoms. The van der Waals surface area contributed by atoms with Crippen LogP contribution in [0.4, 0.5) is 0 Å². The Morgan fingerprint density at radius 2 is 2.17 bits per heavy atom. The Balaban J connectivity index is 2.49. The van der Waals surface area contributed by atoms with Crippen molar-refractivity contribution in [3.8, 4) is 0 Å². The van der Waals surface area contributed by atoms with Gasteiger partial charge >= 0.3 is 0 Å². The molecule has 0 aliphatic carbocycles. The molecule has 68 valence electrons. The monoisotopic (exact) mass is 169 g/mol. The number of ether oxygens (including phenoxy) is 1. The first-order valence-corrected chi connectivity index (χ1v) is 3.96. The second-order valence-corrected chi connectivity index (χ2v) is 3.70. The zero-order valence-corrected chi connectivity index (χ0v) is 8.03. The second-order valence-electron chi connectivity index (χ2n) is 3.70. The molecular weight excluding hydrogens is 154 g/mol. The molecule has 0 saturated carbocycles. The standard InChI is InChI=1S/C8H15N3O/c1-8(2,3)12-5-7-9-6-10-11(7)4/h6H,5H2,1-4H3. The molecule has 0 spiro atoms. The van der Waals surface area contributed by atoms with Gasteiger partial charge in [0.15, 0.2) is 5.82 Å². The second kappa shape index (κ2) is 3.23. The number of aryl methyl sites for hydroxylation is 1. The lowest BCUT2D eigenvalue weighted by molar-refractivity contribution is -0.0192. The van der Waals surface area contributed by atoms with Gasteiger partial charge in [-0.25, -0.2) is 4.98 Å². The van der Waals surface area contributed by atoms with E-state index in [1.54, 1.807) is 4.68 Å². The van der Waals surface area contributed by atoms with Crippen molar-refractivity contribution < 1.29 is 4.74 Å². The van der Waals surface area contributed by atoms with Crippen molar-refractivity contribution in [2.45, 2.75) is 33.0 Å². The van der Waals surface area contributed by atoms with Gasteiger partial charge in [-0.3, -0.25) is 4.68 Å². The van der Waals surface area contributed by atoms with Gasteiger partial charge in [0.1, 0.15) is 12.9 Å². The summed E-state index contributed by atoms with van der Waals surface area (Å²) in [5, 5.41) is 3.94. The number of nitrogens with zero attached hydrogens (tertiary/aromatic N) is 3. The van der Waals surface area contributed by atoms with Crippen LogP contribution in [0.15, 0.2) is 6.33 Å². The van der Waals surface area contributed by atoms with E-state index in [4.69, 9.17) is 4.74 Å². The van der Waals surface area contributed by atoms with Crippen molar-refractivity contribution in [2.75, 3.05) is 0 Å². The van der Waals surface area contributed by atoms with Crippen molar-refractivity contribution in [1.82, 2.24) is 14.8 Å². The van der Waals surface area contributed by atoms with Gasteiger partial charge in [-0.15, -0.1) is 0 Å². The predicted octanol–water partition coefficient (Wildman–Crippen LogP) is 1.13. The average Bonchev–Trinajstić information content (AvgIpc) is 2.29. The third-order valence-corrected chi connectivity index (χ3v) is 1.44. The summed E-state index contributed by atoms with van der Waals surface area (Å²) in [5.74, 6) is 0.852. The summed E-state index contributed by atoms with van der Waals surface area (Å²) in [6, 6.07) is 0. The molecule has 0 fully saturated rings. The Labute approximate surface area is 72.6 Å². The normalized spacial score (nSPS) is 12.0. The maximum atomic E-state index is 5.53. The molecular formula is C8H15N3O. The van der Waals surface area contributed by atoms with Crippen LogP contribution in [0.1, 0.15) is 26.6 Å². The van der Waals surface area contributed by atoms with Crippen LogP contribution in [-0.4, -0.2) is 20.4 Å². The van der Waals surface area contributed by atoms with Crippen LogP contribution in [0.5, 0.6) is 0 Å². The minimum absolute atomic E-state index is 0.119. The highest BCUT2D eigenvalue weighted by molar-refractivity contribution is 4.80. The quantitative estimate of drug-likeness (QED) is 0.666. The fourth-order valence-corrected chi connectivity index (χ4v) is 0.732. The third kappa shape index (κ3) is 2.62. The molecule has 1 aromatic heterocycles. The summed E-state index contributed by atoms with van der Waals surface area (Å²) < 4.78 is 7.25. The third-order valence-electron chi connectivity index (χ3n) is 1.44. The smallest absolute Gasteiger partial charge is 0.152 e. The molecule has 0 aliphatic heterocycles. The van der Waals surface area contributed by atoms with E-state index in [1.165, 1.54) is 6.33 Å². The van der Waals surface area contributed by atoms with Crippen LogP contribution in [-0.2, 0) is 18.4 Å². The van der Waals surface area contributed by atoms with Gasteiger partial charge in [-0.05, 0) is 20.8 Å². The van der Waals surface area contributed by atoms with Crippen LogP contribution in [0.25, 0.3) is 0 Å². The topological polar surface area (TPSA) is 39.9 Å². The molecule has 0 unspecified atom stereocenters. The molecule has 0 saturated heterocycles. The first-order chi connectivity index (χ1) is 5.49. The number of rotatable bonds is 2. The zero-order chi connectivity index (χ0) is 9.19. The van der Waals surface area contributed by atoms with Gasteiger partial charge in [0.25, 0.3) is 0 Å². The number of hydrogen-bond donors (Lipinski definition) is 0. The van der Waals surface area contributed by atoms with Crippen LogP contribution >= 0.6 is 0 Å². The van der Waals surface area contributed by atoms with E-state index < -0.39 is 0 Å². The van der Waals surface area contributed by atoms with Crippen LogP contribution in [0, 0.1) is 0 Å². The molecule has 1 aromatic rings. The molecule has 0 aromatic carbocycles. The SMILES string of the molecule is Cn1ncnc1COC(C)(C)C. The van der Waals surface area contributed by atoms with Crippen molar-refractivity contribution in [2.24, 2.45) is 7.05 Å². The lowest BCUT2D eigenvalue weighted by atomic mass is 10.2. The summed E-state index contributed by atoms with van der Waals surface area (Å²) in [4.78, 5) is 4.05. The van der Waals surface area contributed by atoms with E-state index in [2.05, 4.69) is 10.1 Å². The van der Waals surface area contributed by atoms with Crippen molar-refractivity contribution in [3.63, 3.8) is 0 Å². The lowest BCUT2D eigenvalue weighted by Crippen LogP contribution is -2.20. The Bertz CT molecular complexity index is 249. The number of hydrogen-bond acceptors (Lipinski definition) is 3. The fourth-order valence-electron chi connectivity index (χ4n) is 0.732. The van der Waals surface area contributed by atoms with Crippen molar-refractivity contribution in [3.05, 3.63) is 12.2 Å². The Morgan fingerprint density at radius 3 is 2.58 bits per heavy atom. The van der Waals surface area contributed by atoms with Gasteiger partial charge in [-0.2, -0.15) is 5.10 Å². The van der Waals surface area contributed by atoms with Crippen molar-refractivity contribution >= 4 is 0 Å². The predicted molar refractivity (Wildman–Crippen MR) is 45.5 cm³/mol. The summed E-state index contributed by atoms with van der Waals surface area (Å²) in [7, 11) is 1.86.